The molecule has 2 aliphatic heterocycles. The first-order chi connectivity index (χ1) is 12.7. The first kappa shape index (κ1) is 17.4. The Kier molecular flexibility index (Phi) is 5.14. The van der Waals surface area contributed by atoms with Gasteiger partial charge in [-0.1, -0.05) is 12.8 Å². The van der Waals surface area contributed by atoms with Crippen molar-refractivity contribution in [2.45, 2.75) is 57.4 Å². The molecule has 0 bridgehead atoms. The maximum absolute atomic E-state index is 12.6. The van der Waals surface area contributed by atoms with Gasteiger partial charge < -0.3 is 15.1 Å². The molecule has 3 fully saturated rings. The van der Waals surface area contributed by atoms with Crippen LogP contribution in [0.1, 0.15) is 51.4 Å². The molecule has 3 aliphatic rings. The lowest BCUT2D eigenvalue weighted by atomic mass is 10.1. The van der Waals surface area contributed by atoms with Crippen molar-refractivity contribution in [3.05, 3.63) is 24.3 Å². The van der Waals surface area contributed by atoms with E-state index in [1.165, 1.54) is 37.8 Å². The zero-order valence-corrected chi connectivity index (χ0v) is 15.5. The largest absolute Gasteiger partial charge is 0.372 e. The molecule has 1 N–H and O–H groups in total. The molecule has 0 radical (unpaired) electrons. The van der Waals surface area contributed by atoms with Gasteiger partial charge in [0, 0.05) is 43.5 Å². The van der Waals surface area contributed by atoms with Crippen molar-refractivity contribution in [1.82, 2.24) is 4.90 Å². The molecule has 26 heavy (non-hydrogen) atoms. The minimum absolute atomic E-state index is 0.0235. The number of anilines is 2. The minimum atomic E-state index is -0.218. The number of likely N-dealkylation sites (tertiary alicyclic amines) is 1. The van der Waals surface area contributed by atoms with Gasteiger partial charge in [0.25, 0.3) is 0 Å². The lowest BCUT2D eigenvalue weighted by molar-refractivity contribution is -0.129. The monoisotopic (exact) mass is 355 g/mol. The molecular formula is C21H29N3O2. The fourth-order valence-corrected chi connectivity index (χ4v) is 4.63. The number of nitrogens with one attached hydrogen (secondary N) is 1. The van der Waals surface area contributed by atoms with E-state index in [1.807, 2.05) is 17.0 Å². The third-order valence-electron chi connectivity index (χ3n) is 6.15. The van der Waals surface area contributed by atoms with Gasteiger partial charge in [-0.3, -0.25) is 9.59 Å². The van der Waals surface area contributed by atoms with Crippen LogP contribution in [0.2, 0.25) is 0 Å². The van der Waals surface area contributed by atoms with Crippen LogP contribution >= 0.6 is 0 Å². The van der Waals surface area contributed by atoms with Gasteiger partial charge in [0.1, 0.15) is 0 Å². The highest BCUT2D eigenvalue weighted by molar-refractivity contribution is 5.97. The van der Waals surface area contributed by atoms with Crippen LogP contribution in [0.4, 0.5) is 11.4 Å². The van der Waals surface area contributed by atoms with E-state index >= 15 is 0 Å². The van der Waals surface area contributed by atoms with Crippen LogP contribution in [0.25, 0.3) is 0 Å². The molecule has 140 valence electrons. The van der Waals surface area contributed by atoms with Gasteiger partial charge in [0.15, 0.2) is 0 Å². The normalized spacial score (nSPS) is 24.3. The van der Waals surface area contributed by atoms with Crippen LogP contribution in [0.5, 0.6) is 0 Å². The first-order valence-electron chi connectivity index (χ1n) is 10.2. The topological polar surface area (TPSA) is 52.7 Å². The summed E-state index contributed by atoms with van der Waals surface area (Å²) in [5.41, 5.74) is 2.05. The number of carbonyl (C=O) groups excluding carboxylic acids is 2. The number of piperidine rings is 1. The van der Waals surface area contributed by atoms with Crippen molar-refractivity contribution in [3.63, 3.8) is 0 Å². The summed E-state index contributed by atoms with van der Waals surface area (Å²) in [5.74, 6) is -0.0908. The molecule has 1 aromatic rings. The summed E-state index contributed by atoms with van der Waals surface area (Å²) in [6.07, 6.45) is 8.79. The average Bonchev–Trinajstić information content (AvgIpc) is 3.32. The highest BCUT2D eigenvalue weighted by Gasteiger charge is 2.38. The Hall–Kier alpha value is -2.04. The van der Waals surface area contributed by atoms with E-state index < -0.39 is 0 Å². The fraction of sp³-hybridized carbons (Fsp3) is 0.619. The lowest BCUT2D eigenvalue weighted by Gasteiger charge is -2.28. The minimum Gasteiger partial charge on any atom is -0.372 e. The summed E-state index contributed by atoms with van der Waals surface area (Å²) >= 11 is 0. The van der Waals surface area contributed by atoms with Gasteiger partial charge >= 0.3 is 0 Å². The maximum Gasteiger partial charge on any atom is 0.229 e. The standard InChI is InChI=1S/C21H29N3O2/c25-20-14-16(15-24(20)19-6-2-3-7-19)21(26)22-17-8-10-18(11-9-17)23-12-4-1-5-13-23/h8-11,16,19H,1-7,12-15H2,(H,22,26)/t16-/m0/s1. The number of hydrogen-bond donors (Lipinski definition) is 1. The third kappa shape index (κ3) is 3.71. The molecule has 1 atom stereocenters. The Bertz CT molecular complexity index is 646. The van der Waals surface area contributed by atoms with E-state index in [0.717, 1.165) is 31.6 Å². The second kappa shape index (κ2) is 7.68. The number of carbonyl (C=O) groups is 2. The molecule has 5 heteroatoms. The Morgan fingerprint density at radius 2 is 1.65 bits per heavy atom. The SMILES string of the molecule is O=C(Nc1ccc(N2CCCCC2)cc1)[C@H]1CC(=O)N(C2CCCC2)C1. The second-order valence-corrected chi connectivity index (χ2v) is 7.97. The number of rotatable bonds is 4. The zero-order chi connectivity index (χ0) is 17.9. The van der Waals surface area contributed by atoms with Crippen molar-refractivity contribution in [3.8, 4) is 0 Å². The summed E-state index contributed by atoms with van der Waals surface area (Å²) in [6.45, 7) is 2.82. The molecule has 2 amide bonds. The first-order valence-corrected chi connectivity index (χ1v) is 10.2. The van der Waals surface area contributed by atoms with Crippen molar-refractivity contribution >= 4 is 23.2 Å². The molecule has 1 aromatic carbocycles. The molecule has 4 rings (SSSR count). The van der Waals surface area contributed by atoms with Gasteiger partial charge in [-0.2, -0.15) is 0 Å². The van der Waals surface area contributed by atoms with E-state index in [4.69, 9.17) is 0 Å². The van der Waals surface area contributed by atoms with Gasteiger partial charge in [0.05, 0.1) is 5.92 Å². The molecule has 1 aliphatic carbocycles. The van der Waals surface area contributed by atoms with Crippen LogP contribution < -0.4 is 10.2 Å². The number of nitrogens with zero attached hydrogens (tertiary/aromatic N) is 2. The zero-order valence-electron chi connectivity index (χ0n) is 15.5. The van der Waals surface area contributed by atoms with E-state index in [9.17, 15) is 9.59 Å². The summed E-state index contributed by atoms with van der Waals surface area (Å²) in [5, 5.41) is 3.01. The fourth-order valence-electron chi connectivity index (χ4n) is 4.63. The molecule has 5 nitrogen and oxygen atoms in total. The highest BCUT2D eigenvalue weighted by atomic mass is 16.2. The van der Waals surface area contributed by atoms with Gasteiger partial charge in [-0.05, 0) is 56.4 Å². The number of hydrogen-bond acceptors (Lipinski definition) is 3. The molecule has 0 spiro atoms. The van der Waals surface area contributed by atoms with Crippen molar-refractivity contribution in [1.29, 1.82) is 0 Å². The molecule has 2 heterocycles. The third-order valence-corrected chi connectivity index (χ3v) is 6.15. The van der Waals surface area contributed by atoms with Gasteiger partial charge in [-0.25, -0.2) is 0 Å². The lowest BCUT2D eigenvalue weighted by Crippen LogP contribution is -2.35. The second-order valence-electron chi connectivity index (χ2n) is 7.97. The molecule has 1 saturated carbocycles. The highest BCUT2D eigenvalue weighted by Crippen LogP contribution is 2.30. The smallest absolute Gasteiger partial charge is 0.229 e. The van der Waals surface area contributed by atoms with E-state index in [2.05, 4.69) is 22.3 Å². The van der Waals surface area contributed by atoms with Crippen LogP contribution in [-0.2, 0) is 9.59 Å². The Morgan fingerprint density at radius 1 is 0.962 bits per heavy atom. The Balaban J connectivity index is 1.33. The van der Waals surface area contributed by atoms with Gasteiger partial charge in [0.2, 0.25) is 11.8 Å². The average molecular weight is 355 g/mol. The summed E-state index contributed by atoms with van der Waals surface area (Å²) in [7, 11) is 0. The Labute approximate surface area is 155 Å². The van der Waals surface area contributed by atoms with Crippen LogP contribution in [0, 0.1) is 5.92 Å². The quantitative estimate of drug-likeness (QED) is 0.900. The Morgan fingerprint density at radius 3 is 2.35 bits per heavy atom. The van der Waals surface area contributed by atoms with E-state index in [0.29, 0.717) is 19.0 Å². The van der Waals surface area contributed by atoms with Crippen LogP contribution in [0.3, 0.4) is 0 Å². The molecule has 2 saturated heterocycles. The summed E-state index contributed by atoms with van der Waals surface area (Å²) in [6, 6.07) is 8.50. The summed E-state index contributed by atoms with van der Waals surface area (Å²) in [4.78, 5) is 29.3. The van der Waals surface area contributed by atoms with E-state index in [1.54, 1.807) is 0 Å². The number of amides is 2. The van der Waals surface area contributed by atoms with Crippen LogP contribution in [-0.4, -0.2) is 42.4 Å². The van der Waals surface area contributed by atoms with Crippen molar-refractivity contribution in [2.24, 2.45) is 5.92 Å². The summed E-state index contributed by atoms with van der Waals surface area (Å²) < 4.78 is 0. The molecule has 0 aromatic heterocycles. The molecular weight excluding hydrogens is 326 g/mol. The van der Waals surface area contributed by atoms with Crippen molar-refractivity contribution < 1.29 is 9.59 Å². The van der Waals surface area contributed by atoms with E-state index in [-0.39, 0.29) is 17.7 Å². The maximum atomic E-state index is 12.6. The number of benzene rings is 1. The molecule has 0 unspecified atom stereocenters. The van der Waals surface area contributed by atoms with Crippen LogP contribution in [0.15, 0.2) is 24.3 Å². The van der Waals surface area contributed by atoms with Gasteiger partial charge in [-0.15, -0.1) is 0 Å². The predicted molar refractivity (Wildman–Crippen MR) is 103 cm³/mol. The van der Waals surface area contributed by atoms with Crippen molar-refractivity contribution in [2.75, 3.05) is 29.9 Å². The predicted octanol–water partition coefficient (Wildman–Crippen LogP) is 3.41.